The lowest BCUT2D eigenvalue weighted by molar-refractivity contribution is -0.120. The molecule has 0 bridgehead atoms. The van der Waals surface area contributed by atoms with E-state index in [4.69, 9.17) is 0 Å². The maximum Gasteiger partial charge on any atom is 0.322 e. The number of rotatable bonds is 9. The van der Waals surface area contributed by atoms with Crippen LogP contribution in [0.5, 0.6) is 0 Å². The average Bonchev–Trinajstić information content (AvgIpc) is 2.81. The lowest BCUT2D eigenvalue weighted by Gasteiger charge is -2.23. The van der Waals surface area contributed by atoms with E-state index in [0.717, 1.165) is 28.1 Å². The summed E-state index contributed by atoms with van der Waals surface area (Å²) in [5.41, 5.74) is 4.62. The number of hydrogen-bond donors (Lipinski definition) is 2. The number of pyridine rings is 1. The van der Waals surface area contributed by atoms with Gasteiger partial charge in [-0.3, -0.25) is 14.7 Å². The van der Waals surface area contributed by atoms with Gasteiger partial charge in [0.25, 0.3) is 0 Å². The van der Waals surface area contributed by atoms with Gasteiger partial charge < -0.3 is 10.6 Å². The second-order valence-electron chi connectivity index (χ2n) is 7.49. The molecule has 0 radical (unpaired) electrons. The molecule has 6 heteroatoms. The summed E-state index contributed by atoms with van der Waals surface area (Å²) in [6.07, 6.45) is 3.61. The highest BCUT2D eigenvalue weighted by Crippen LogP contribution is 2.19. The van der Waals surface area contributed by atoms with Crippen LogP contribution in [0.25, 0.3) is 0 Å². The molecule has 0 atom stereocenters. The molecule has 0 saturated heterocycles. The van der Waals surface area contributed by atoms with Gasteiger partial charge in [0.05, 0.1) is 25.2 Å². The Bertz CT molecular complexity index is 1050. The quantitative estimate of drug-likeness (QED) is 0.503. The summed E-state index contributed by atoms with van der Waals surface area (Å²) in [5.74, 6) is -0.0799. The van der Waals surface area contributed by atoms with Crippen molar-refractivity contribution >= 4 is 17.6 Å². The molecular formula is C26H28N4O2. The van der Waals surface area contributed by atoms with Gasteiger partial charge >= 0.3 is 6.03 Å². The van der Waals surface area contributed by atoms with E-state index in [1.165, 1.54) is 0 Å². The number of amides is 3. The van der Waals surface area contributed by atoms with Crippen molar-refractivity contribution in [2.75, 3.05) is 11.4 Å². The van der Waals surface area contributed by atoms with Gasteiger partial charge in [0.1, 0.15) is 0 Å². The van der Waals surface area contributed by atoms with Gasteiger partial charge in [-0.25, -0.2) is 4.79 Å². The second kappa shape index (κ2) is 11.5. The third-order valence-electron chi connectivity index (χ3n) is 4.87. The fraction of sp³-hybridized carbons (Fsp3) is 0.192. The Kier molecular flexibility index (Phi) is 8.15. The third kappa shape index (κ3) is 6.80. The summed E-state index contributed by atoms with van der Waals surface area (Å²) < 4.78 is 0. The van der Waals surface area contributed by atoms with Crippen LogP contribution in [0.1, 0.15) is 22.4 Å². The maximum atomic E-state index is 12.8. The molecule has 2 aromatic carbocycles. The van der Waals surface area contributed by atoms with E-state index in [1.807, 2.05) is 67.6 Å². The van der Waals surface area contributed by atoms with E-state index < -0.39 is 0 Å². The monoisotopic (exact) mass is 428 g/mol. The highest BCUT2D eigenvalue weighted by molar-refractivity contribution is 5.92. The number of carbonyl (C=O) groups excluding carboxylic acids is 2. The van der Waals surface area contributed by atoms with Crippen LogP contribution in [-0.2, 0) is 24.3 Å². The molecule has 0 saturated carbocycles. The van der Waals surface area contributed by atoms with E-state index >= 15 is 0 Å². The molecule has 32 heavy (non-hydrogen) atoms. The number of nitrogens with one attached hydrogen (secondary N) is 2. The van der Waals surface area contributed by atoms with Crippen LogP contribution in [0.4, 0.5) is 10.5 Å². The van der Waals surface area contributed by atoms with Crippen LogP contribution in [0.3, 0.4) is 0 Å². The van der Waals surface area contributed by atoms with Crippen LogP contribution < -0.4 is 15.5 Å². The molecule has 0 aliphatic rings. The van der Waals surface area contributed by atoms with Gasteiger partial charge in [-0.05, 0) is 42.3 Å². The van der Waals surface area contributed by atoms with Gasteiger partial charge in [-0.1, -0.05) is 54.1 Å². The van der Waals surface area contributed by atoms with E-state index in [-0.39, 0.29) is 18.4 Å². The minimum Gasteiger partial charge on any atom is -0.350 e. The normalized spacial score (nSPS) is 10.3. The number of benzene rings is 2. The zero-order valence-corrected chi connectivity index (χ0v) is 18.3. The fourth-order valence-electron chi connectivity index (χ4n) is 3.26. The van der Waals surface area contributed by atoms with Crippen LogP contribution in [0.2, 0.25) is 0 Å². The Morgan fingerprint density at radius 2 is 1.81 bits per heavy atom. The predicted octanol–water partition coefficient (Wildman–Crippen LogP) is 4.15. The third-order valence-corrected chi connectivity index (χ3v) is 4.87. The standard InChI is InChI=1S/C26H28N4O2/c1-3-14-28-26(32)30(19-22-8-6-7-20(2)16-22)24-12-10-21(11-13-24)17-25(31)29-18-23-9-4-5-15-27-23/h3-13,15-16H,1,14,17-19H2,2H3,(H,28,32)(H,29,31). The van der Waals surface area contributed by atoms with Crippen molar-refractivity contribution in [1.82, 2.24) is 15.6 Å². The zero-order valence-electron chi connectivity index (χ0n) is 18.3. The minimum atomic E-state index is -0.202. The highest BCUT2D eigenvalue weighted by Gasteiger charge is 2.16. The molecule has 164 valence electrons. The lowest BCUT2D eigenvalue weighted by Crippen LogP contribution is -2.39. The topological polar surface area (TPSA) is 74.3 Å². The first kappa shape index (κ1) is 22.7. The van der Waals surface area contributed by atoms with Crippen molar-refractivity contribution < 1.29 is 9.59 Å². The molecular weight excluding hydrogens is 400 g/mol. The van der Waals surface area contributed by atoms with Gasteiger partial charge in [0.15, 0.2) is 0 Å². The van der Waals surface area contributed by atoms with Crippen molar-refractivity contribution in [2.45, 2.75) is 26.4 Å². The van der Waals surface area contributed by atoms with Crippen molar-refractivity contribution in [2.24, 2.45) is 0 Å². The number of hydrogen-bond acceptors (Lipinski definition) is 3. The van der Waals surface area contributed by atoms with Gasteiger partial charge in [-0.15, -0.1) is 6.58 Å². The summed E-state index contributed by atoms with van der Waals surface area (Å²) >= 11 is 0. The van der Waals surface area contributed by atoms with Crippen molar-refractivity contribution in [3.05, 3.63) is 108 Å². The van der Waals surface area contributed by atoms with E-state index in [2.05, 4.69) is 28.3 Å². The summed E-state index contributed by atoms with van der Waals surface area (Å²) in [7, 11) is 0. The number of urea groups is 1. The van der Waals surface area contributed by atoms with Gasteiger partial charge in [0, 0.05) is 18.4 Å². The van der Waals surface area contributed by atoms with Gasteiger partial charge in [0.2, 0.25) is 5.91 Å². The van der Waals surface area contributed by atoms with Crippen LogP contribution in [-0.4, -0.2) is 23.5 Å². The first-order chi connectivity index (χ1) is 15.5. The lowest BCUT2D eigenvalue weighted by atomic mass is 10.1. The Morgan fingerprint density at radius 3 is 2.50 bits per heavy atom. The molecule has 6 nitrogen and oxygen atoms in total. The highest BCUT2D eigenvalue weighted by atomic mass is 16.2. The number of anilines is 1. The van der Waals surface area contributed by atoms with Crippen molar-refractivity contribution in [3.8, 4) is 0 Å². The SMILES string of the molecule is C=CCNC(=O)N(Cc1cccc(C)c1)c1ccc(CC(=O)NCc2ccccn2)cc1. The predicted molar refractivity (Wildman–Crippen MR) is 127 cm³/mol. The molecule has 2 N–H and O–H groups in total. The Labute approximate surface area is 189 Å². The Hall–Kier alpha value is -3.93. The molecule has 3 aromatic rings. The second-order valence-corrected chi connectivity index (χ2v) is 7.49. The number of aromatic nitrogens is 1. The molecule has 3 rings (SSSR count). The van der Waals surface area contributed by atoms with Crippen molar-refractivity contribution in [1.29, 1.82) is 0 Å². The van der Waals surface area contributed by atoms with E-state index in [9.17, 15) is 9.59 Å². The molecule has 0 spiro atoms. The molecule has 0 aliphatic carbocycles. The Balaban J connectivity index is 1.66. The maximum absolute atomic E-state index is 12.8. The first-order valence-corrected chi connectivity index (χ1v) is 10.5. The van der Waals surface area contributed by atoms with Crippen molar-refractivity contribution in [3.63, 3.8) is 0 Å². The van der Waals surface area contributed by atoms with Gasteiger partial charge in [-0.2, -0.15) is 0 Å². The fourth-order valence-corrected chi connectivity index (χ4v) is 3.26. The van der Waals surface area contributed by atoms with Crippen LogP contribution >= 0.6 is 0 Å². The molecule has 1 heterocycles. The number of carbonyl (C=O) groups is 2. The van der Waals surface area contributed by atoms with Crippen LogP contribution in [0, 0.1) is 6.92 Å². The molecule has 0 aliphatic heterocycles. The summed E-state index contributed by atoms with van der Waals surface area (Å²) in [6.45, 7) is 6.91. The summed E-state index contributed by atoms with van der Waals surface area (Å²) in [5, 5.41) is 5.72. The summed E-state index contributed by atoms with van der Waals surface area (Å²) in [6, 6.07) is 21.0. The van der Waals surface area contributed by atoms with Crippen LogP contribution in [0.15, 0.2) is 85.6 Å². The van der Waals surface area contributed by atoms with E-state index in [1.54, 1.807) is 17.2 Å². The molecule has 1 aromatic heterocycles. The minimum absolute atomic E-state index is 0.0799. The first-order valence-electron chi connectivity index (χ1n) is 10.5. The average molecular weight is 429 g/mol. The summed E-state index contributed by atoms with van der Waals surface area (Å²) in [4.78, 5) is 30.9. The number of nitrogens with zero attached hydrogens (tertiary/aromatic N) is 2. The smallest absolute Gasteiger partial charge is 0.322 e. The molecule has 0 unspecified atom stereocenters. The molecule has 0 fully saturated rings. The Morgan fingerprint density at radius 1 is 1.00 bits per heavy atom. The molecule has 3 amide bonds. The van der Waals surface area contributed by atoms with E-state index in [0.29, 0.717) is 19.6 Å². The number of aryl methyl sites for hydroxylation is 1. The largest absolute Gasteiger partial charge is 0.350 e. The zero-order chi connectivity index (χ0) is 22.8.